The summed E-state index contributed by atoms with van der Waals surface area (Å²) in [5.41, 5.74) is 0. The van der Waals surface area contributed by atoms with Gasteiger partial charge in [0.1, 0.15) is 18.1 Å². The van der Waals surface area contributed by atoms with E-state index < -0.39 is 0 Å². The molecule has 128 valence electrons. The van der Waals surface area contributed by atoms with E-state index in [1.54, 1.807) is 4.90 Å². The number of carbonyl (C=O) groups is 3. The first-order valence-electron chi connectivity index (χ1n) is 8.97. The van der Waals surface area contributed by atoms with Gasteiger partial charge in [-0.25, -0.2) is 4.79 Å². The van der Waals surface area contributed by atoms with Crippen LogP contribution in [0.3, 0.4) is 0 Å². The van der Waals surface area contributed by atoms with E-state index in [9.17, 15) is 14.4 Å². The van der Waals surface area contributed by atoms with Gasteiger partial charge in [0.05, 0.1) is 6.04 Å². The predicted molar refractivity (Wildman–Crippen MR) is 88.6 cm³/mol. The van der Waals surface area contributed by atoms with Gasteiger partial charge in [-0.1, -0.05) is 13.3 Å². The van der Waals surface area contributed by atoms with Crippen molar-refractivity contribution >= 4 is 23.3 Å². The first-order valence-corrected chi connectivity index (χ1v) is 8.97. The minimum atomic E-state index is 0.0727. The van der Waals surface area contributed by atoms with Crippen LogP contribution in [-0.2, 0) is 14.4 Å². The van der Waals surface area contributed by atoms with Crippen LogP contribution in [0.4, 0.5) is 0 Å². The Morgan fingerprint density at radius 3 is 2.39 bits per heavy atom. The molecule has 2 rings (SSSR count). The van der Waals surface area contributed by atoms with Crippen molar-refractivity contribution < 1.29 is 19.0 Å². The number of hydrogen-bond donors (Lipinski definition) is 0. The summed E-state index contributed by atoms with van der Waals surface area (Å²) in [5, 5.41) is 0. The highest BCUT2D eigenvalue weighted by atomic mass is 16.2. The van der Waals surface area contributed by atoms with Crippen LogP contribution in [0, 0.1) is 0 Å². The van der Waals surface area contributed by atoms with Crippen molar-refractivity contribution in [1.29, 1.82) is 0 Å². The maximum absolute atomic E-state index is 12.3. The van der Waals surface area contributed by atoms with E-state index >= 15 is 0 Å². The molecule has 2 aliphatic rings. The zero-order valence-corrected chi connectivity index (χ0v) is 14.5. The molecule has 0 bridgehead atoms. The molecule has 0 aromatic carbocycles. The summed E-state index contributed by atoms with van der Waals surface area (Å²) in [7, 11) is 0. The molecular formula is C18H29N2O3+. The minimum absolute atomic E-state index is 0.0727. The Morgan fingerprint density at radius 1 is 1.09 bits per heavy atom. The SMILES string of the molecule is CCC(=O)CCC(=O)CCN1C(=O)C[N+](C2CCCCC2)=C1C. The second kappa shape index (κ2) is 8.37. The number of rotatable bonds is 8. The van der Waals surface area contributed by atoms with Crippen LogP contribution in [0.2, 0.25) is 0 Å². The summed E-state index contributed by atoms with van der Waals surface area (Å²) in [6.45, 7) is 4.71. The van der Waals surface area contributed by atoms with Gasteiger partial charge < -0.3 is 0 Å². The summed E-state index contributed by atoms with van der Waals surface area (Å²) in [6.07, 6.45) is 7.58. The highest BCUT2D eigenvalue weighted by Gasteiger charge is 2.39. The Kier molecular flexibility index (Phi) is 6.48. The van der Waals surface area contributed by atoms with Gasteiger partial charge in [0.2, 0.25) is 0 Å². The smallest absolute Gasteiger partial charge is 0.300 e. The van der Waals surface area contributed by atoms with Crippen molar-refractivity contribution in [2.75, 3.05) is 13.1 Å². The lowest BCUT2D eigenvalue weighted by atomic mass is 9.95. The zero-order valence-electron chi connectivity index (χ0n) is 14.5. The summed E-state index contributed by atoms with van der Waals surface area (Å²) >= 11 is 0. The Hall–Kier alpha value is -1.52. The van der Waals surface area contributed by atoms with E-state index in [1.165, 1.54) is 19.3 Å². The third-order valence-corrected chi connectivity index (χ3v) is 5.12. The van der Waals surface area contributed by atoms with Gasteiger partial charge in [-0.2, -0.15) is 4.90 Å². The predicted octanol–water partition coefficient (Wildman–Crippen LogP) is 2.31. The maximum Gasteiger partial charge on any atom is 0.350 e. The van der Waals surface area contributed by atoms with E-state index in [1.807, 2.05) is 13.8 Å². The largest absolute Gasteiger partial charge is 0.350 e. The van der Waals surface area contributed by atoms with Crippen LogP contribution >= 0.6 is 0 Å². The van der Waals surface area contributed by atoms with Gasteiger partial charge in [0.15, 0.2) is 6.54 Å². The molecule has 5 nitrogen and oxygen atoms in total. The fourth-order valence-corrected chi connectivity index (χ4v) is 3.57. The van der Waals surface area contributed by atoms with Crippen molar-refractivity contribution in [3.8, 4) is 0 Å². The molecule has 0 aromatic heterocycles. The lowest BCUT2D eigenvalue weighted by Crippen LogP contribution is -2.34. The molecule has 23 heavy (non-hydrogen) atoms. The quantitative estimate of drug-likeness (QED) is 0.645. The highest BCUT2D eigenvalue weighted by Crippen LogP contribution is 2.22. The van der Waals surface area contributed by atoms with Crippen molar-refractivity contribution in [1.82, 2.24) is 4.90 Å². The normalized spacial score (nSPS) is 19.6. The zero-order chi connectivity index (χ0) is 16.8. The Bertz CT molecular complexity index is 504. The fourth-order valence-electron chi connectivity index (χ4n) is 3.57. The molecule has 0 atom stereocenters. The fraction of sp³-hybridized carbons (Fsp3) is 0.778. The van der Waals surface area contributed by atoms with E-state index in [0.29, 0.717) is 44.8 Å². The summed E-state index contributed by atoms with van der Waals surface area (Å²) in [5.74, 6) is 1.30. The number of ketones is 2. The van der Waals surface area contributed by atoms with E-state index in [2.05, 4.69) is 4.58 Å². The monoisotopic (exact) mass is 321 g/mol. The third kappa shape index (κ3) is 4.72. The number of nitrogens with zero attached hydrogens (tertiary/aromatic N) is 2. The number of amides is 1. The third-order valence-electron chi connectivity index (χ3n) is 5.12. The van der Waals surface area contributed by atoms with Crippen molar-refractivity contribution in [3.05, 3.63) is 0 Å². The second-order valence-corrected chi connectivity index (χ2v) is 6.69. The van der Waals surface area contributed by atoms with Gasteiger partial charge in [0.25, 0.3) is 5.84 Å². The number of hydrogen-bond acceptors (Lipinski definition) is 3. The number of Topliss-reactive ketones (excluding diaryl/α,β-unsaturated/α-hetero) is 2. The summed E-state index contributed by atoms with van der Waals surface area (Å²) in [6, 6.07) is 0.482. The molecule has 0 unspecified atom stereocenters. The van der Waals surface area contributed by atoms with Crippen LogP contribution in [0.25, 0.3) is 0 Å². The van der Waals surface area contributed by atoms with E-state index in [0.717, 1.165) is 18.7 Å². The standard InChI is InChI=1S/C18H29N2O3/c1-3-16(21)9-10-17(22)11-12-19-14(2)20(13-18(19)23)15-7-5-4-6-8-15/h15H,3-13H2,1-2H3/q+1. The number of carbonyl (C=O) groups excluding carboxylic acids is 3. The van der Waals surface area contributed by atoms with Gasteiger partial charge in [-0.3, -0.25) is 14.2 Å². The molecule has 0 spiro atoms. The average molecular weight is 321 g/mol. The Balaban J connectivity index is 1.86. The summed E-state index contributed by atoms with van der Waals surface area (Å²) < 4.78 is 2.23. The number of amidine groups is 1. The molecule has 5 heteroatoms. The first kappa shape index (κ1) is 17.8. The van der Waals surface area contributed by atoms with Crippen molar-refractivity contribution in [2.24, 2.45) is 0 Å². The van der Waals surface area contributed by atoms with Gasteiger partial charge >= 0.3 is 5.91 Å². The average Bonchev–Trinajstić information content (AvgIpc) is 2.85. The van der Waals surface area contributed by atoms with E-state index in [4.69, 9.17) is 0 Å². The topological polar surface area (TPSA) is 57.5 Å². The van der Waals surface area contributed by atoms with Gasteiger partial charge in [-0.15, -0.1) is 0 Å². The molecule has 1 heterocycles. The molecule has 0 aromatic rings. The van der Waals surface area contributed by atoms with Gasteiger partial charge in [0, 0.05) is 32.6 Å². The van der Waals surface area contributed by atoms with Crippen LogP contribution in [-0.4, -0.2) is 51.9 Å². The molecule has 1 aliphatic heterocycles. The molecule has 0 N–H and O–H groups in total. The van der Waals surface area contributed by atoms with Crippen LogP contribution in [0.5, 0.6) is 0 Å². The minimum Gasteiger partial charge on any atom is -0.300 e. The second-order valence-electron chi connectivity index (χ2n) is 6.69. The first-order chi connectivity index (χ1) is 11.0. The lowest BCUT2D eigenvalue weighted by molar-refractivity contribution is -0.555. The van der Waals surface area contributed by atoms with E-state index in [-0.39, 0.29) is 17.5 Å². The molecule has 1 fully saturated rings. The van der Waals surface area contributed by atoms with Crippen LogP contribution < -0.4 is 0 Å². The Labute approximate surface area is 138 Å². The summed E-state index contributed by atoms with van der Waals surface area (Å²) in [4.78, 5) is 37.2. The molecule has 1 saturated carbocycles. The highest BCUT2D eigenvalue weighted by molar-refractivity contribution is 5.99. The molecule has 1 aliphatic carbocycles. The molecule has 0 saturated heterocycles. The van der Waals surface area contributed by atoms with Crippen LogP contribution in [0.1, 0.15) is 71.6 Å². The van der Waals surface area contributed by atoms with Gasteiger partial charge in [-0.05, 0) is 25.7 Å². The molecule has 0 radical (unpaired) electrons. The lowest BCUT2D eigenvalue weighted by Gasteiger charge is -2.21. The van der Waals surface area contributed by atoms with Crippen LogP contribution in [0.15, 0.2) is 0 Å². The van der Waals surface area contributed by atoms with Crippen molar-refractivity contribution in [3.63, 3.8) is 0 Å². The molecule has 1 amide bonds. The Morgan fingerprint density at radius 2 is 1.74 bits per heavy atom. The maximum atomic E-state index is 12.3. The molecular weight excluding hydrogens is 292 g/mol. The van der Waals surface area contributed by atoms with Crippen molar-refractivity contribution in [2.45, 2.75) is 77.7 Å².